The van der Waals surface area contributed by atoms with Gasteiger partial charge in [0, 0.05) is 0 Å². The second kappa shape index (κ2) is 9.77. The van der Waals surface area contributed by atoms with Crippen molar-refractivity contribution in [3.8, 4) is 11.9 Å². The van der Waals surface area contributed by atoms with Crippen molar-refractivity contribution in [2.75, 3.05) is 13.4 Å². The lowest BCUT2D eigenvalue weighted by molar-refractivity contribution is -0.179. The van der Waals surface area contributed by atoms with Gasteiger partial charge in [-0.15, -0.1) is 0 Å². The third-order valence-electron chi connectivity index (χ3n) is 5.01. The van der Waals surface area contributed by atoms with E-state index in [2.05, 4.69) is 15.0 Å². The maximum absolute atomic E-state index is 12.0. The van der Waals surface area contributed by atoms with Crippen LogP contribution in [-0.2, 0) is 19.0 Å². The van der Waals surface area contributed by atoms with Gasteiger partial charge < -0.3 is 24.1 Å². The molecule has 1 aliphatic heterocycles. The standard InChI is InChI=1S/C21H29N5O6/c1-6-13-15(27)16(30-11-31-20(28)21(3,4)5)19(32-13)26-10-23-14-17(26)24-12(2)25-18(14)29-9-7-8-22/h10,13,15-16,19,27H,6-7,9,11H2,1-5H3/t13-,15?,16+,19-/m1/s1. The van der Waals surface area contributed by atoms with E-state index in [1.165, 1.54) is 6.33 Å². The topological polar surface area (TPSA) is 142 Å². The first-order valence-corrected chi connectivity index (χ1v) is 10.5. The Hall–Kier alpha value is -2.81. The Morgan fingerprint density at radius 1 is 1.38 bits per heavy atom. The molecule has 0 aliphatic carbocycles. The molecule has 2 aromatic heterocycles. The maximum atomic E-state index is 12.0. The Labute approximate surface area is 186 Å². The van der Waals surface area contributed by atoms with Gasteiger partial charge in [0.25, 0.3) is 0 Å². The van der Waals surface area contributed by atoms with Crippen molar-refractivity contribution >= 4 is 17.1 Å². The van der Waals surface area contributed by atoms with Crippen LogP contribution in [0.5, 0.6) is 5.88 Å². The van der Waals surface area contributed by atoms with Gasteiger partial charge in [0.15, 0.2) is 24.2 Å². The molecule has 1 saturated heterocycles. The first kappa shape index (κ1) is 23.8. The molecule has 0 spiro atoms. The van der Waals surface area contributed by atoms with E-state index in [1.807, 2.05) is 13.0 Å². The second-order valence-electron chi connectivity index (χ2n) is 8.55. The highest BCUT2D eigenvalue weighted by molar-refractivity contribution is 5.76. The minimum Gasteiger partial charge on any atom is -0.475 e. The number of nitriles is 1. The van der Waals surface area contributed by atoms with Crippen LogP contribution in [0.25, 0.3) is 11.2 Å². The molecule has 1 unspecified atom stereocenters. The van der Waals surface area contributed by atoms with E-state index in [0.717, 1.165) is 0 Å². The summed E-state index contributed by atoms with van der Waals surface area (Å²) in [7, 11) is 0. The van der Waals surface area contributed by atoms with Crippen molar-refractivity contribution in [3.05, 3.63) is 12.2 Å². The molecule has 0 aromatic carbocycles. The quantitative estimate of drug-likeness (QED) is 0.363. The number of carbonyl (C=O) groups excluding carboxylic acids is 1. The van der Waals surface area contributed by atoms with Gasteiger partial charge in [-0.2, -0.15) is 10.2 Å². The van der Waals surface area contributed by atoms with Crippen molar-refractivity contribution < 1.29 is 28.8 Å². The van der Waals surface area contributed by atoms with Crippen molar-refractivity contribution in [2.45, 2.75) is 72.0 Å². The van der Waals surface area contributed by atoms with E-state index >= 15 is 0 Å². The summed E-state index contributed by atoms with van der Waals surface area (Å²) < 4.78 is 24.3. The van der Waals surface area contributed by atoms with Crippen molar-refractivity contribution in [1.82, 2.24) is 19.5 Å². The summed E-state index contributed by atoms with van der Waals surface area (Å²) in [5.41, 5.74) is 0.180. The molecule has 1 N–H and O–H groups in total. The number of aliphatic hydroxyl groups excluding tert-OH is 1. The van der Waals surface area contributed by atoms with E-state index in [1.54, 1.807) is 32.3 Å². The number of rotatable bonds is 8. The lowest BCUT2D eigenvalue weighted by Gasteiger charge is -2.23. The molecule has 4 atom stereocenters. The number of fused-ring (bicyclic) bond motifs is 1. The smallest absolute Gasteiger partial charge is 0.313 e. The molecule has 1 aliphatic rings. The van der Waals surface area contributed by atoms with Crippen LogP contribution in [-0.4, -0.2) is 62.3 Å². The van der Waals surface area contributed by atoms with Crippen LogP contribution in [0.15, 0.2) is 6.33 Å². The van der Waals surface area contributed by atoms with Crippen LogP contribution in [0.4, 0.5) is 0 Å². The van der Waals surface area contributed by atoms with Gasteiger partial charge in [-0.3, -0.25) is 9.36 Å². The molecule has 0 saturated carbocycles. The molecule has 11 nitrogen and oxygen atoms in total. The van der Waals surface area contributed by atoms with Gasteiger partial charge in [-0.25, -0.2) is 9.97 Å². The number of aliphatic hydroxyl groups is 1. The van der Waals surface area contributed by atoms with Gasteiger partial charge in [0.05, 0.1) is 30.3 Å². The summed E-state index contributed by atoms with van der Waals surface area (Å²) in [6, 6.07) is 2.02. The fourth-order valence-corrected chi connectivity index (χ4v) is 3.32. The molecule has 0 radical (unpaired) electrons. The molecule has 0 amide bonds. The van der Waals surface area contributed by atoms with Crippen molar-refractivity contribution in [2.24, 2.45) is 5.41 Å². The summed E-state index contributed by atoms with van der Waals surface area (Å²) in [6.45, 7) is 8.70. The van der Waals surface area contributed by atoms with Gasteiger partial charge in [-0.05, 0) is 34.1 Å². The minimum absolute atomic E-state index is 0.177. The number of aryl methyl sites for hydroxylation is 1. The fourth-order valence-electron chi connectivity index (χ4n) is 3.32. The van der Waals surface area contributed by atoms with Gasteiger partial charge >= 0.3 is 5.97 Å². The van der Waals surface area contributed by atoms with E-state index < -0.39 is 35.9 Å². The normalized spacial score (nSPS) is 23.3. The maximum Gasteiger partial charge on any atom is 0.313 e. The van der Waals surface area contributed by atoms with Crippen LogP contribution in [0.3, 0.4) is 0 Å². The second-order valence-corrected chi connectivity index (χ2v) is 8.55. The van der Waals surface area contributed by atoms with E-state index in [9.17, 15) is 9.90 Å². The van der Waals surface area contributed by atoms with E-state index in [-0.39, 0.29) is 25.7 Å². The Kier molecular flexibility index (Phi) is 7.28. The predicted octanol–water partition coefficient (Wildman–Crippen LogP) is 2.03. The first-order chi connectivity index (χ1) is 15.2. The molecule has 3 heterocycles. The highest BCUT2D eigenvalue weighted by Crippen LogP contribution is 2.36. The molecule has 32 heavy (non-hydrogen) atoms. The summed E-state index contributed by atoms with van der Waals surface area (Å²) in [4.78, 5) is 25.1. The zero-order valence-corrected chi connectivity index (χ0v) is 18.9. The Bertz CT molecular complexity index is 995. The monoisotopic (exact) mass is 447 g/mol. The van der Waals surface area contributed by atoms with Crippen molar-refractivity contribution in [1.29, 1.82) is 5.26 Å². The van der Waals surface area contributed by atoms with Gasteiger partial charge in [0.2, 0.25) is 5.88 Å². The minimum atomic E-state index is -0.940. The first-order valence-electron chi connectivity index (χ1n) is 10.5. The van der Waals surface area contributed by atoms with Crippen LogP contribution >= 0.6 is 0 Å². The van der Waals surface area contributed by atoms with Gasteiger partial charge in [-0.1, -0.05) is 6.92 Å². The molecular formula is C21H29N5O6. The zero-order valence-electron chi connectivity index (χ0n) is 18.9. The number of hydrogen-bond acceptors (Lipinski definition) is 10. The average molecular weight is 447 g/mol. The SMILES string of the molecule is CC[C@H]1O[C@@H](n2cnc3c(OCCC#N)nc(C)nc32)[C@@H](OCOC(=O)C(C)(C)C)C1O. The number of hydrogen-bond donors (Lipinski definition) is 1. The van der Waals surface area contributed by atoms with Crippen LogP contribution in [0.2, 0.25) is 0 Å². The van der Waals surface area contributed by atoms with E-state index in [0.29, 0.717) is 23.4 Å². The molecule has 11 heteroatoms. The third kappa shape index (κ3) is 4.98. The van der Waals surface area contributed by atoms with E-state index in [4.69, 9.17) is 24.2 Å². The molecule has 174 valence electrons. The number of carbonyl (C=O) groups is 1. The predicted molar refractivity (Wildman–Crippen MR) is 111 cm³/mol. The highest BCUT2D eigenvalue weighted by atomic mass is 16.7. The summed E-state index contributed by atoms with van der Waals surface area (Å²) >= 11 is 0. The molecule has 1 fully saturated rings. The molecule has 0 bridgehead atoms. The largest absolute Gasteiger partial charge is 0.475 e. The Morgan fingerprint density at radius 2 is 2.12 bits per heavy atom. The summed E-state index contributed by atoms with van der Waals surface area (Å²) in [5, 5.41) is 19.5. The number of nitrogens with zero attached hydrogens (tertiary/aromatic N) is 5. The van der Waals surface area contributed by atoms with Gasteiger partial charge in [0.1, 0.15) is 24.6 Å². The fraction of sp³-hybridized carbons (Fsp3) is 0.667. The third-order valence-corrected chi connectivity index (χ3v) is 5.01. The molecule has 2 aromatic rings. The highest BCUT2D eigenvalue weighted by Gasteiger charge is 2.45. The Morgan fingerprint density at radius 3 is 2.78 bits per heavy atom. The molecule has 3 rings (SSSR count). The number of esters is 1. The van der Waals surface area contributed by atoms with Crippen LogP contribution < -0.4 is 4.74 Å². The van der Waals surface area contributed by atoms with Crippen LogP contribution in [0.1, 0.15) is 52.6 Å². The number of aromatic nitrogens is 4. The van der Waals surface area contributed by atoms with Crippen LogP contribution in [0, 0.1) is 23.7 Å². The zero-order chi connectivity index (χ0) is 23.5. The Balaban J connectivity index is 1.86. The summed E-state index contributed by atoms with van der Waals surface area (Å²) in [5.74, 6) is 0.308. The molecular weight excluding hydrogens is 418 g/mol. The number of ether oxygens (including phenoxy) is 4. The summed E-state index contributed by atoms with van der Waals surface area (Å²) in [6.07, 6.45) is -0.700. The number of imidazole rings is 1. The average Bonchev–Trinajstić information content (AvgIpc) is 3.28. The lowest BCUT2D eigenvalue weighted by atomic mass is 9.98. The van der Waals surface area contributed by atoms with Crippen molar-refractivity contribution in [3.63, 3.8) is 0 Å². The lowest BCUT2D eigenvalue weighted by Crippen LogP contribution is -2.35.